The summed E-state index contributed by atoms with van der Waals surface area (Å²) in [7, 11) is 0. The molecule has 2 N–H and O–H groups in total. The smallest absolute Gasteiger partial charge is 0.270 e. The van der Waals surface area contributed by atoms with Crippen LogP contribution in [0.2, 0.25) is 0 Å². The van der Waals surface area contributed by atoms with Crippen LogP contribution in [0.25, 0.3) is 0 Å². The van der Waals surface area contributed by atoms with Crippen LogP contribution in [0.15, 0.2) is 10.2 Å². The molecule has 1 aromatic rings. The number of nitrogens with one attached hydrogen (secondary N) is 2. The van der Waals surface area contributed by atoms with Gasteiger partial charge in [0.25, 0.3) is 11.5 Å². The van der Waals surface area contributed by atoms with Gasteiger partial charge in [-0.1, -0.05) is 25.4 Å². The van der Waals surface area contributed by atoms with E-state index < -0.39 is 0 Å². The molecule has 0 fully saturated rings. The van der Waals surface area contributed by atoms with Crippen molar-refractivity contribution in [1.29, 1.82) is 0 Å². The number of aromatic nitrogens is 1. The molecule has 13 heavy (non-hydrogen) atoms. The average molecular weight is 200 g/mol. The Bertz CT molecular complexity index is 340. The van der Waals surface area contributed by atoms with Crippen LogP contribution < -0.4 is 10.9 Å². The highest BCUT2D eigenvalue weighted by Gasteiger charge is 2.10. The van der Waals surface area contributed by atoms with E-state index in [1.807, 2.05) is 13.8 Å². The molecule has 0 atom stereocenters. The van der Waals surface area contributed by atoms with E-state index >= 15 is 0 Å². The normalized spacial score (nSPS) is 10.4. The van der Waals surface area contributed by atoms with Crippen LogP contribution in [0, 0.1) is 5.92 Å². The Hall–Kier alpha value is -1.10. The Kier molecular flexibility index (Phi) is 3.25. The fourth-order valence-electron chi connectivity index (χ4n) is 0.799. The van der Waals surface area contributed by atoms with E-state index in [0.29, 0.717) is 12.5 Å². The highest BCUT2D eigenvalue weighted by Crippen LogP contribution is 1.95. The highest BCUT2D eigenvalue weighted by atomic mass is 32.1. The Balaban J connectivity index is 2.60. The molecule has 0 bridgehead atoms. The Morgan fingerprint density at radius 3 is 2.85 bits per heavy atom. The predicted molar refractivity (Wildman–Crippen MR) is 52.1 cm³/mol. The Morgan fingerprint density at radius 1 is 1.69 bits per heavy atom. The SMILES string of the molecule is CC(C)CNC(=O)c1cs[nH]c1=O. The van der Waals surface area contributed by atoms with Crippen molar-refractivity contribution < 1.29 is 4.79 Å². The average Bonchev–Trinajstić information content (AvgIpc) is 2.47. The standard InChI is InChI=1S/C8H12N2O2S/c1-5(2)3-9-7(11)6-4-13-10-8(6)12/h4-5H,3H2,1-2H3,(H,9,11)(H,10,12). The summed E-state index contributed by atoms with van der Waals surface area (Å²) in [5.41, 5.74) is -0.114. The first-order valence-corrected chi connectivity index (χ1v) is 4.93. The largest absolute Gasteiger partial charge is 0.352 e. The lowest BCUT2D eigenvalue weighted by Gasteiger charge is -2.04. The van der Waals surface area contributed by atoms with Gasteiger partial charge >= 0.3 is 0 Å². The Labute approximate surface area is 80.1 Å². The maximum atomic E-state index is 11.3. The number of hydrogen-bond donors (Lipinski definition) is 2. The number of carbonyl (C=O) groups is 1. The zero-order valence-electron chi connectivity index (χ0n) is 7.59. The predicted octanol–water partition coefficient (Wildman–Crippen LogP) is 0.822. The fourth-order valence-corrected chi connectivity index (χ4v) is 1.41. The molecule has 0 aliphatic carbocycles. The van der Waals surface area contributed by atoms with Crippen molar-refractivity contribution in [3.63, 3.8) is 0 Å². The van der Waals surface area contributed by atoms with Gasteiger partial charge in [0.2, 0.25) is 0 Å². The number of H-pyrrole nitrogens is 1. The molecule has 0 unspecified atom stereocenters. The molecule has 0 aromatic carbocycles. The molecule has 0 saturated carbocycles. The monoisotopic (exact) mass is 200 g/mol. The van der Waals surface area contributed by atoms with Crippen molar-refractivity contribution in [3.05, 3.63) is 21.3 Å². The summed E-state index contributed by atoms with van der Waals surface area (Å²) < 4.78 is 2.46. The summed E-state index contributed by atoms with van der Waals surface area (Å²) in [6.07, 6.45) is 0. The molecule has 72 valence electrons. The molecule has 0 saturated heterocycles. The lowest BCUT2D eigenvalue weighted by molar-refractivity contribution is 0.0948. The van der Waals surface area contributed by atoms with Crippen LogP contribution in [0.1, 0.15) is 24.2 Å². The third-order valence-corrected chi connectivity index (χ3v) is 2.15. The van der Waals surface area contributed by atoms with E-state index in [1.165, 1.54) is 5.38 Å². The van der Waals surface area contributed by atoms with Crippen molar-refractivity contribution in [2.75, 3.05) is 6.54 Å². The maximum Gasteiger partial charge on any atom is 0.270 e. The quantitative estimate of drug-likeness (QED) is 0.759. The second kappa shape index (κ2) is 4.23. The molecule has 0 spiro atoms. The molecule has 0 radical (unpaired) electrons. The molecule has 5 heteroatoms. The second-order valence-corrected chi connectivity index (χ2v) is 3.86. The number of carbonyl (C=O) groups excluding carboxylic acids is 1. The van der Waals surface area contributed by atoms with E-state index in [0.717, 1.165) is 11.5 Å². The summed E-state index contributed by atoms with van der Waals surface area (Å²) >= 11 is 1.13. The first kappa shape index (κ1) is 9.98. The van der Waals surface area contributed by atoms with Crippen LogP contribution in [0.5, 0.6) is 0 Å². The zero-order chi connectivity index (χ0) is 9.84. The van der Waals surface area contributed by atoms with Gasteiger partial charge in [-0.15, -0.1) is 0 Å². The van der Waals surface area contributed by atoms with Crippen LogP contribution in [-0.2, 0) is 0 Å². The van der Waals surface area contributed by atoms with Crippen LogP contribution in [0.4, 0.5) is 0 Å². The van der Waals surface area contributed by atoms with Crippen LogP contribution in [-0.4, -0.2) is 16.8 Å². The molecule has 1 aromatic heterocycles. The van der Waals surface area contributed by atoms with E-state index in [9.17, 15) is 9.59 Å². The second-order valence-electron chi connectivity index (χ2n) is 3.18. The maximum absolute atomic E-state index is 11.3. The zero-order valence-corrected chi connectivity index (χ0v) is 8.40. The van der Waals surface area contributed by atoms with Crippen molar-refractivity contribution in [3.8, 4) is 0 Å². The number of aromatic amines is 1. The minimum Gasteiger partial charge on any atom is -0.352 e. The minimum atomic E-state index is -0.314. The van der Waals surface area contributed by atoms with Gasteiger partial charge in [0.1, 0.15) is 5.56 Å². The molecule has 0 aliphatic heterocycles. The Morgan fingerprint density at radius 2 is 2.38 bits per heavy atom. The summed E-state index contributed by atoms with van der Waals surface area (Å²) in [4.78, 5) is 22.3. The van der Waals surface area contributed by atoms with Crippen LogP contribution in [0.3, 0.4) is 0 Å². The number of hydrogen-bond acceptors (Lipinski definition) is 3. The first-order valence-electron chi connectivity index (χ1n) is 4.05. The molecule has 1 rings (SSSR count). The third-order valence-electron chi connectivity index (χ3n) is 1.49. The lowest BCUT2D eigenvalue weighted by Crippen LogP contribution is -2.30. The molecule has 1 heterocycles. The summed E-state index contributed by atoms with van der Waals surface area (Å²) in [6, 6.07) is 0. The summed E-state index contributed by atoms with van der Waals surface area (Å²) in [6.45, 7) is 4.59. The van der Waals surface area contributed by atoms with Crippen molar-refractivity contribution in [1.82, 2.24) is 9.69 Å². The summed E-state index contributed by atoms with van der Waals surface area (Å²) in [5, 5.41) is 4.20. The van der Waals surface area contributed by atoms with Crippen molar-refractivity contribution in [2.24, 2.45) is 5.92 Å². The molecule has 1 amide bonds. The van der Waals surface area contributed by atoms with Gasteiger partial charge in [0.15, 0.2) is 0 Å². The number of rotatable bonds is 3. The van der Waals surface area contributed by atoms with Crippen LogP contribution >= 0.6 is 11.5 Å². The van der Waals surface area contributed by atoms with E-state index in [4.69, 9.17) is 0 Å². The highest BCUT2D eigenvalue weighted by molar-refractivity contribution is 7.03. The van der Waals surface area contributed by atoms with Gasteiger partial charge in [-0.2, -0.15) is 0 Å². The van der Waals surface area contributed by atoms with E-state index in [1.54, 1.807) is 0 Å². The van der Waals surface area contributed by atoms with Gasteiger partial charge < -0.3 is 5.32 Å². The lowest BCUT2D eigenvalue weighted by atomic mass is 10.2. The summed E-state index contributed by atoms with van der Waals surface area (Å²) in [5.74, 6) is 0.0952. The minimum absolute atomic E-state index is 0.200. The fraction of sp³-hybridized carbons (Fsp3) is 0.500. The third kappa shape index (κ3) is 2.69. The van der Waals surface area contributed by atoms with Gasteiger partial charge in [-0.05, 0) is 5.92 Å². The molecule has 0 aliphatic rings. The van der Waals surface area contributed by atoms with Crippen molar-refractivity contribution in [2.45, 2.75) is 13.8 Å². The van der Waals surface area contributed by atoms with Crippen molar-refractivity contribution >= 4 is 17.4 Å². The topological polar surface area (TPSA) is 62.0 Å². The van der Waals surface area contributed by atoms with Gasteiger partial charge in [-0.25, -0.2) is 0 Å². The van der Waals surface area contributed by atoms with E-state index in [2.05, 4.69) is 9.69 Å². The van der Waals surface area contributed by atoms with Gasteiger partial charge in [-0.3, -0.25) is 14.0 Å². The molecular formula is C8H12N2O2S. The van der Waals surface area contributed by atoms with E-state index in [-0.39, 0.29) is 17.0 Å². The first-order chi connectivity index (χ1) is 6.11. The van der Waals surface area contributed by atoms with Gasteiger partial charge in [0, 0.05) is 11.9 Å². The number of amides is 1. The molecule has 4 nitrogen and oxygen atoms in total. The molecular weight excluding hydrogens is 188 g/mol. The van der Waals surface area contributed by atoms with Gasteiger partial charge in [0.05, 0.1) is 0 Å².